The van der Waals surface area contributed by atoms with Crippen LogP contribution in [-0.4, -0.2) is 62.4 Å². The highest BCUT2D eigenvalue weighted by molar-refractivity contribution is 14.0. The monoisotopic (exact) mass is 536 g/mol. The first-order chi connectivity index (χ1) is 13.6. The van der Waals surface area contributed by atoms with Gasteiger partial charge in [-0.1, -0.05) is 18.9 Å². The van der Waals surface area contributed by atoms with Crippen molar-refractivity contribution < 1.29 is 14.3 Å². The van der Waals surface area contributed by atoms with E-state index in [2.05, 4.69) is 21.7 Å². The van der Waals surface area contributed by atoms with Crippen LogP contribution in [0.3, 0.4) is 0 Å². The molecule has 1 spiro atoms. The summed E-state index contributed by atoms with van der Waals surface area (Å²) in [5.74, 6) is 0.204. The summed E-state index contributed by atoms with van der Waals surface area (Å²) in [6.45, 7) is 1.99. The first kappa shape index (κ1) is 24.4. The zero-order valence-electron chi connectivity index (χ0n) is 17.3. The third-order valence-corrected chi connectivity index (χ3v) is 6.03. The van der Waals surface area contributed by atoms with Crippen molar-refractivity contribution in [2.24, 2.45) is 4.99 Å². The number of amides is 1. The fourth-order valence-corrected chi connectivity index (χ4v) is 4.15. The van der Waals surface area contributed by atoms with E-state index in [4.69, 9.17) is 9.47 Å². The van der Waals surface area contributed by atoms with E-state index in [1.807, 2.05) is 11.4 Å². The maximum absolute atomic E-state index is 11.9. The molecule has 0 aromatic carbocycles. The zero-order valence-corrected chi connectivity index (χ0v) is 20.5. The van der Waals surface area contributed by atoms with Gasteiger partial charge in [0.1, 0.15) is 12.6 Å². The lowest BCUT2D eigenvalue weighted by molar-refractivity contribution is -0.175. The number of hydrogen-bond acceptors (Lipinski definition) is 5. The van der Waals surface area contributed by atoms with Crippen LogP contribution < -0.4 is 10.6 Å². The highest BCUT2D eigenvalue weighted by Gasteiger charge is 2.41. The standard InChI is InChI=1S/C20H32N4O3S.HI/c1-24(2)18(25)14-23-19(22-13-17-8-7-11-28-17)21-12-16-15-26-20(27-16)9-5-3-4-6-10-20;/h7-8,11,16H,3-6,9-10,12-15H2,1-2H3,(H2,21,22,23);1H. The van der Waals surface area contributed by atoms with Gasteiger partial charge in [0, 0.05) is 38.4 Å². The van der Waals surface area contributed by atoms with Gasteiger partial charge in [-0.25, -0.2) is 4.99 Å². The lowest BCUT2D eigenvalue weighted by Crippen LogP contribution is -2.42. The van der Waals surface area contributed by atoms with Crippen LogP contribution in [0.25, 0.3) is 0 Å². The number of ether oxygens (including phenoxy) is 2. The van der Waals surface area contributed by atoms with Gasteiger partial charge in [0.15, 0.2) is 11.7 Å². The number of carbonyl (C=O) groups excluding carboxylic acids is 1. The molecular formula is C20H33IN4O3S. The fraction of sp³-hybridized carbons (Fsp3) is 0.700. The molecule has 1 aromatic heterocycles. The van der Waals surface area contributed by atoms with Crippen molar-refractivity contribution in [1.29, 1.82) is 0 Å². The van der Waals surface area contributed by atoms with E-state index in [-0.39, 0.29) is 48.3 Å². The molecule has 0 bridgehead atoms. The second kappa shape index (κ2) is 12.1. The summed E-state index contributed by atoms with van der Waals surface area (Å²) in [7, 11) is 3.47. The van der Waals surface area contributed by atoms with Gasteiger partial charge in [0.05, 0.1) is 13.2 Å². The van der Waals surface area contributed by atoms with E-state index in [0.717, 1.165) is 12.8 Å². The molecule has 1 atom stereocenters. The Hall–Kier alpha value is -0.910. The molecule has 2 aliphatic rings. The highest BCUT2D eigenvalue weighted by Crippen LogP contribution is 2.36. The van der Waals surface area contributed by atoms with Gasteiger partial charge in [-0.3, -0.25) is 4.79 Å². The number of carbonyl (C=O) groups is 1. The van der Waals surface area contributed by atoms with Gasteiger partial charge in [-0.2, -0.15) is 0 Å². The SMILES string of the molecule is CN(C)C(=O)CN=C(NCc1cccs1)NCC1COC2(CCCCCC2)O1.I. The number of likely N-dealkylation sites (N-methyl/N-ethyl adjacent to an activating group) is 1. The molecule has 2 N–H and O–H groups in total. The van der Waals surface area contributed by atoms with E-state index >= 15 is 0 Å². The molecule has 9 heteroatoms. The lowest BCUT2D eigenvalue weighted by Gasteiger charge is -2.26. The normalized spacial score (nSPS) is 21.3. The van der Waals surface area contributed by atoms with Crippen molar-refractivity contribution in [2.75, 3.05) is 33.8 Å². The Kier molecular flexibility index (Phi) is 10.1. The summed E-state index contributed by atoms with van der Waals surface area (Å²) in [6, 6.07) is 4.10. The molecule has 3 rings (SSSR count). The summed E-state index contributed by atoms with van der Waals surface area (Å²) in [5.41, 5.74) is 0. The maximum Gasteiger partial charge on any atom is 0.243 e. The van der Waals surface area contributed by atoms with Crippen LogP contribution in [0.2, 0.25) is 0 Å². The second-order valence-corrected chi connectivity index (χ2v) is 8.67. The molecule has 1 saturated carbocycles. The fourth-order valence-electron chi connectivity index (χ4n) is 3.50. The summed E-state index contributed by atoms with van der Waals surface area (Å²) >= 11 is 1.69. The molecule has 29 heavy (non-hydrogen) atoms. The van der Waals surface area contributed by atoms with Gasteiger partial charge in [-0.15, -0.1) is 35.3 Å². The zero-order chi connectivity index (χ0) is 19.8. The van der Waals surface area contributed by atoms with Crippen LogP contribution in [0.4, 0.5) is 0 Å². The van der Waals surface area contributed by atoms with Crippen LogP contribution in [0.5, 0.6) is 0 Å². The first-order valence-corrected chi connectivity index (χ1v) is 11.0. The first-order valence-electron chi connectivity index (χ1n) is 10.1. The van der Waals surface area contributed by atoms with Crippen LogP contribution in [0.1, 0.15) is 43.4 Å². The number of nitrogens with zero attached hydrogens (tertiary/aromatic N) is 2. The number of aliphatic imine (C=N–C) groups is 1. The number of halogens is 1. The Balaban J connectivity index is 0.00000300. The molecule has 2 fully saturated rings. The third kappa shape index (κ3) is 7.69. The molecule has 1 unspecified atom stereocenters. The van der Waals surface area contributed by atoms with E-state index < -0.39 is 0 Å². The minimum atomic E-state index is -0.383. The third-order valence-electron chi connectivity index (χ3n) is 5.16. The predicted molar refractivity (Wildman–Crippen MR) is 127 cm³/mol. The summed E-state index contributed by atoms with van der Waals surface area (Å²) < 4.78 is 12.4. The minimum Gasteiger partial charge on any atom is -0.354 e. The number of guanidine groups is 1. The van der Waals surface area contributed by atoms with Crippen LogP contribution in [0.15, 0.2) is 22.5 Å². The molecule has 164 valence electrons. The summed E-state index contributed by atoms with van der Waals surface area (Å²) in [5, 5.41) is 8.68. The highest BCUT2D eigenvalue weighted by atomic mass is 127. The van der Waals surface area contributed by atoms with E-state index in [1.54, 1.807) is 30.3 Å². The quantitative estimate of drug-likeness (QED) is 0.332. The maximum atomic E-state index is 11.9. The number of hydrogen-bond donors (Lipinski definition) is 2. The Morgan fingerprint density at radius 2 is 2.03 bits per heavy atom. The smallest absolute Gasteiger partial charge is 0.243 e. The Labute approximate surface area is 194 Å². The molecule has 1 aliphatic carbocycles. The molecule has 1 amide bonds. The largest absolute Gasteiger partial charge is 0.354 e. The van der Waals surface area contributed by atoms with Crippen molar-refractivity contribution >= 4 is 47.2 Å². The van der Waals surface area contributed by atoms with Crippen molar-refractivity contribution in [3.63, 3.8) is 0 Å². The van der Waals surface area contributed by atoms with E-state index in [9.17, 15) is 4.79 Å². The van der Waals surface area contributed by atoms with Crippen molar-refractivity contribution in [2.45, 2.75) is 57.0 Å². The minimum absolute atomic E-state index is 0. The number of thiophene rings is 1. The molecule has 1 saturated heterocycles. The van der Waals surface area contributed by atoms with Gasteiger partial charge < -0.3 is 25.0 Å². The number of nitrogens with one attached hydrogen (secondary N) is 2. The average Bonchev–Trinajstić information content (AvgIpc) is 3.28. The topological polar surface area (TPSA) is 75.2 Å². The Bertz CT molecular complexity index is 646. The molecule has 0 radical (unpaired) electrons. The van der Waals surface area contributed by atoms with Crippen molar-refractivity contribution in [1.82, 2.24) is 15.5 Å². The summed E-state index contributed by atoms with van der Waals surface area (Å²) in [4.78, 5) is 19.1. The van der Waals surface area contributed by atoms with Crippen LogP contribution >= 0.6 is 35.3 Å². The van der Waals surface area contributed by atoms with Gasteiger partial charge in [-0.05, 0) is 24.3 Å². The van der Waals surface area contributed by atoms with Crippen LogP contribution in [-0.2, 0) is 20.8 Å². The molecule has 2 heterocycles. The van der Waals surface area contributed by atoms with Gasteiger partial charge in [0.25, 0.3) is 0 Å². The van der Waals surface area contributed by atoms with Gasteiger partial charge in [0.2, 0.25) is 5.91 Å². The Morgan fingerprint density at radius 1 is 1.28 bits per heavy atom. The molecule has 1 aliphatic heterocycles. The summed E-state index contributed by atoms with van der Waals surface area (Å²) in [6.07, 6.45) is 6.83. The van der Waals surface area contributed by atoms with E-state index in [0.29, 0.717) is 25.7 Å². The Morgan fingerprint density at radius 3 is 2.69 bits per heavy atom. The average molecular weight is 536 g/mol. The lowest BCUT2D eigenvalue weighted by atomic mass is 10.1. The second-order valence-electron chi connectivity index (χ2n) is 7.64. The number of rotatable bonds is 6. The van der Waals surface area contributed by atoms with Crippen molar-refractivity contribution in [3.05, 3.63) is 22.4 Å². The van der Waals surface area contributed by atoms with Crippen molar-refractivity contribution in [3.8, 4) is 0 Å². The van der Waals surface area contributed by atoms with Gasteiger partial charge >= 0.3 is 0 Å². The van der Waals surface area contributed by atoms with E-state index in [1.165, 1.54) is 30.6 Å². The predicted octanol–water partition coefficient (Wildman–Crippen LogP) is 2.96. The van der Waals surface area contributed by atoms with Crippen LogP contribution in [0, 0.1) is 0 Å². The molecule has 1 aromatic rings. The molecule has 7 nitrogen and oxygen atoms in total. The molecular weight excluding hydrogens is 503 g/mol.